The van der Waals surface area contributed by atoms with Gasteiger partial charge in [-0.25, -0.2) is 0 Å². The van der Waals surface area contributed by atoms with Crippen molar-refractivity contribution in [2.45, 2.75) is 39.3 Å². The fourth-order valence-electron chi connectivity index (χ4n) is 2.05. The summed E-state index contributed by atoms with van der Waals surface area (Å²) in [6.07, 6.45) is -1.07. The van der Waals surface area contributed by atoms with Crippen molar-refractivity contribution >= 4 is 6.09 Å². The van der Waals surface area contributed by atoms with E-state index in [1.807, 2.05) is 20.8 Å². The van der Waals surface area contributed by atoms with E-state index in [9.17, 15) is 9.90 Å². The van der Waals surface area contributed by atoms with Crippen molar-refractivity contribution in [3.8, 4) is 0 Å². The van der Waals surface area contributed by atoms with Gasteiger partial charge in [0.2, 0.25) is 0 Å². The second kappa shape index (κ2) is 3.77. The Bertz CT molecular complexity index is 223. The summed E-state index contributed by atoms with van der Waals surface area (Å²) < 4.78 is 0. The van der Waals surface area contributed by atoms with Crippen LogP contribution in [0.15, 0.2) is 0 Å². The van der Waals surface area contributed by atoms with Crippen molar-refractivity contribution in [1.82, 2.24) is 10.2 Å². The number of carbonyl (C=O) groups is 1. The Labute approximate surface area is 85.3 Å². The highest BCUT2D eigenvalue weighted by atomic mass is 16.4. The van der Waals surface area contributed by atoms with E-state index in [0.717, 1.165) is 13.1 Å². The van der Waals surface area contributed by atoms with Crippen LogP contribution in [0.4, 0.5) is 4.79 Å². The molecule has 1 fully saturated rings. The van der Waals surface area contributed by atoms with Gasteiger partial charge in [-0.15, -0.1) is 0 Å². The zero-order valence-corrected chi connectivity index (χ0v) is 9.33. The van der Waals surface area contributed by atoms with Gasteiger partial charge in [0, 0.05) is 18.1 Å². The zero-order chi connectivity index (χ0) is 10.9. The van der Waals surface area contributed by atoms with Crippen LogP contribution in [0.2, 0.25) is 0 Å². The largest absolute Gasteiger partial charge is 0.530 e. The molecule has 0 aromatic rings. The van der Waals surface area contributed by atoms with Crippen LogP contribution < -0.4 is 10.4 Å². The lowest BCUT2D eigenvalue weighted by atomic mass is 9.98. The van der Waals surface area contributed by atoms with Gasteiger partial charge in [0.05, 0.1) is 0 Å². The van der Waals surface area contributed by atoms with E-state index in [-0.39, 0.29) is 11.6 Å². The summed E-state index contributed by atoms with van der Waals surface area (Å²) in [6, 6.07) is 0.0417. The molecule has 4 nitrogen and oxygen atoms in total. The number of nitrogens with zero attached hydrogens (tertiary/aromatic N) is 1. The number of hydrogen-bond donors (Lipinski definition) is 1. The summed E-state index contributed by atoms with van der Waals surface area (Å²) in [6.45, 7) is 9.36. The number of hydrogen-bond acceptors (Lipinski definition) is 3. The maximum absolute atomic E-state index is 11.1. The van der Waals surface area contributed by atoms with E-state index in [1.54, 1.807) is 0 Å². The minimum Gasteiger partial charge on any atom is -0.530 e. The summed E-state index contributed by atoms with van der Waals surface area (Å²) in [5, 5.41) is 14.3. The summed E-state index contributed by atoms with van der Waals surface area (Å²) in [5.74, 6) is 0.354. The molecule has 1 amide bonds. The van der Waals surface area contributed by atoms with Gasteiger partial charge < -0.3 is 20.1 Å². The van der Waals surface area contributed by atoms with Crippen LogP contribution in [0.3, 0.4) is 0 Å². The van der Waals surface area contributed by atoms with E-state index in [0.29, 0.717) is 5.92 Å². The molecule has 0 aromatic carbocycles. The van der Waals surface area contributed by atoms with Crippen LogP contribution in [-0.2, 0) is 0 Å². The molecule has 1 heterocycles. The highest BCUT2D eigenvalue weighted by molar-refractivity contribution is 5.64. The summed E-state index contributed by atoms with van der Waals surface area (Å²) in [4.78, 5) is 12.5. The van der Waals surface area contributed by atoms with Gasteiger partial charge in [0.1, 0.15) is 6.09 Å². The minimum atomic E-state index is -1.07. The second-order valence-electron chi connectivity index (χ2n) is 5.01. The molecule has 1 aliphatic heterocycles. The predicted octanol–water partition coefficient (Wildman–Crippen LogP) is 0.0381. The molecule has 0 saturated carbocycles. The molecule has 14 heavy (non-hydrogen) atoms. The van der Waals surface area contributed by atoms with Crippen LogP contribution in [0.1, 0.15) is 27.7 Å². The first-order valence-corrected chi connectivity index (χ1v) is 5.05. The average molecular weight is 199 g/mol. The second-order valence-corrected chi connectivity index (χ2v) is 5.01. The summed E-state index contributed by atoms with van der Waals surface area (Å²) in [5.41, 5.74) is -0.385. The molecule has 1 saturated heterocycles. The Morgan fingerprint density at radius 2 is 2.00 bits per heavy atom. The SMILES string of the molecule is CC1CNCC1N(C(=O)[O-])C(C)(C)C. The predicted molar refractivity (Wildman–Crippen MR) is 52.8 cm³/mol. The average Bonchev–Trinajstić information content (AvgIpc) is 2.32. The molecular formula is C10H19N2O2-. The third-order valence-corrected chi connectivity index (χ3v) is 2.73. The minimum absolute atomic E-state index is 0.0417. The van der Waals surface area contributed by atoms with Gasteiger partial charge in [-0.2, -0.15) is 0 Å². The van der Waals surface area contributed by atoms with E-state index in [2.05, 4.69) is 12.2 Å². The molecule has 0 aliphatic carbocycles. The molecule has 1 N–H and O–H groups in total. The molecule has 1 aliphatic rings. The first kappa shape index (κ1) is 11.3. The molecule has 0 radical (unpaired) electrons. The summed E-state index contributed by atoms with van der Waals surface area (Å²) in [7, 11) is 0. The first-order chi connectivity index (χ1) is 6.34. The Balaban J connectivity index is 2.83. The molecule has 4 heteroatoms. The lowest BCUT2D eigenvalue weighted by Gasteiger charge is -2.43. The molecular weight excluding hydrogens is 180 g/mol. The highest BCUT2D eigenvalue weighted by Gasteiger charge is 2.34. The third-order valence-electron chi connectivity index (χ3n) is 2.73. The smallest absolute Gasteiger partial charge is 0.137 e. The summed E-state index contributed by atoms with van der Waals surface area (Å²) >= 11 is 0. The standard InChI is InChI=1S/C10H20N2O2/c1-7-5-11-6-8(7)12(9(13)14)10(2,3)4/h7-8,11H,5-6H2,1-4H3,(H,13,14)/p-1. The van der Waals surface area contributed by atoms with E-state index in [1.165, 1.54) is 4.90 Å². The fourth-order valence-corrected chi connectivity index (χ4v) is 2.05. The van der Waals surface area contributed by atoms with Crippen LogP contribution in [-0.4, -0.2) is 35.7 Å². The zero-order valence-electron chi connectivity index (χ0n) is 9.33. The third kappa shape index (κ3) is 2.18. The van der Waals surface area contributed by atoms with E-state index < -0.39 is 6.09 Å². The van der Waals surface area contributed by atoms with Crippen molar-refractivity contribution in [2.24, 2.45) is 5.92 Å². The quantitative estimate of drug-likeness (QED) is 0.648. The number of carboxylic acid groups (broad SMARTS) is 1. The lowest BCUT2D eigenvalue weighted by Crippen LogP contribution is -2.58. The van der Waals surface area contributed by atoms with Gasteiger partial charge in [-0.1, -0.05) is 6.92 Å². The Hall–Kier alpha value is -0.770. The van der Waals surface area contributed by atoms with E-state index in [4.69, 9.17) is 0 Å². The lowest BCUT2D eigenvalue weighted by molar-refractivity contribution is -0.273. The van der Waals surface area contributed by atoms with Gasteiger partial charge in [0.25, 0.3) is 0 Å². The fraction of sp³-hybridized carbons (Fsp3) is 0.900. The normalized spacial score (nSPS) is 27.7. The molecule has 0 bridgehead atoms. The van der Waals surface area contributed by atoms with Crippen molar-refractivity contribution in [1.29, 1.82) is 0 Å². The van der Waals surface area contributed by atoms with Crippen LogP contribution in [0.5, 0.6) is 0 Å². The van der Waals surface area contributed by atoms with Gasteiger partial charge in [-0.3, -0.25) is 0 Å². The van der Waals surface area contributed by atoms with Crippen molar-refractivity contribution in [2.75, 3.05) is 13.1 Å². The van der Waals surface area contributed by atoms with Gasteiger partial charge >= 0.3 is 0 Å². The first-order valence-electron chi connectivity index (χ1n) is 5.05. The van der Waals surface area contributed by atoms with Crippen LogP contribution in [0, 0.1) is 5.92 Å². The Kier molecular flexibility index (Phi) is 3.04. The monoisotopic (exact) mass is 199 g/mol. The molecule has 82 valence electrons. The maximum Gasteiger partial charge on any atom is 0.137 e. The van der Waals surface area contributed by atoms with Crippen molar-refractivity contribution < 1.29 is 9.90 Å². The number of amides is 1. The van der Waals surface area contributed by atoms with Crippen LogP contribution >= 0.6 is 0 Å². The van der Waals surface area contributed by atoms with Crippen molar-refractivity contribution in [3.05, 3.63) is 0 Å². The van der Waals surface area contributed by atoms with Crippen LogP contribution in [0.25, 0.3) is 0 Å². The van der Waals surface area contributed by atoms with Crippen molar-refractivity contribution in [3.63, 3.8) is 0 Å². The molecule has 0 aromatic heterocycles. The van der Waals surface area contributed by atoms with E-state index >= 15 is 0 Å². The highest BCUT2D eigenvalue weighted by Crippen LogP contribution is 2.23. The number of rotatable bonds is 1. The molecule has 1 rings (SSSR count). The van der Waals surface area contributed by atoms with Gasteiger partial charge in [0.15, 0.2) is 0 Å². The molecule has 0 spiro atoms. The topological polar surface area (TPSA) is 55.4 Å². The molecule has 2 unspecified atom stereocenters. The number of carbonyl (C=O) groups excluding carboxylic acids is 1. The van der Waals surface area contributed by atoms with Gasteiger partial charge in [-0.05, 0) is 33.2 Å². The molecule has 2 atom stereocenters. The maximum atomic E-state index is 11.1. The Morgan fingerprint density at radius 3 is 2.29 bits per heavy atom. The Morgan fingerprint density at radius 1 is 1.43 bits per heavy atom. The number of nitrogens with one attached hydrogen (secondary N) is 1.